The molecular formula is C10H16O3. The van der Waals surface area contributed by atoms with Crippen molar-refractivity contribution in [3.8, 4) is 0 Å². The lowest BCUT2D eigenvalue weighted by Crippen LogP contribution is -2.25. The fourth-order valence-electron chi connectivity index (χ4n) is 1.69. The Labute approximate surface area is 78.4 Å². The van der Waals surface area contributed by atoms with Crippen molar-refractivity contribution >= 4 is 5.97 Å². The summed E-state index contributed by atoms with van der Waals surface area (Å²) in [5.41, 5.74) is 0.282. The molecule has 0 radical (unpaired) electrons. The van der Waals surface area contributed by atoms with Gasteiger partial charge in [-0.15, -0.1) is 0 Å². The van der Waals surface area contributed by atoms with Crippen LogP contribution in [0.15, 0.2) is 12.2 Å². The Kier molecular flexibility index (Phi) is 2.76. The van der Waals surface area contributed by atoms with Gasteiger partial charge in [0.15, 0.2) is 0 Å². The van der Waals surface area contributed by atoms with E-state index in [1.165, 1.54) is 0 Å². The molecule has 0 saturated heterocycles. The summed E-state index contributed by atoms with van der Waals surface area (Å²) < 4.78 is 4.90. The van der Waals surface area contributed by atoms with Crippen LogP contribution in [0.4, 0.5) is 0 Å². The number of carbonyl (C=O) groups excluding carboxylic acids is 1. The zero-order chi connectivity index (χ0) is 10.1. The second-order valence-electron chi connectivity index (χ2n) is 3.64. The van der Waals surface area contributed by atoms with Gasteiger partial charge < -0.3 is 9.84 Å². The number of allylic oxidation sites excluding steroid dienone is 1. The minimum atomic E-state index is -0.665. The van der Waals surface area contributed by atoms with Crippen LogP contribution in [0.1, 0.15) is 20.3 Å². The second-order valence-corrected chi connectivity index (χ2v) is 3.64. The van der Waals surface area contributed by atoms with Crippen LogP contribution in [-0.4, -0.2) is 24.3 Å². The summed E-state index contributed by atoms with van der Waals surface area (Å²) in [6.45, 7) is 7.65. The molecule has 1 aliphatic rings. The third-order valence-corrected chi connectivity index (χ3v) is 2.63. The fourth-order valence-corrected chi connectivity index (χ4v) is 1.69. The summed E-state index contributed by atoms with van der Waals surface area (Å²) in [4.78, 5) is 11.4. The lowest BCUT2D eigenvalue weighted by molar-refractivity contribution is -0.151. The Balaban J connectivity index is 2.65. The van der Waals surface area contributed by atoms with Gasteiger partial charge in [0.05, 0.1) is 18.6 Å². The highest BCUT2D eigenvalue weighted by molar-refractivity contribution is 5.81. The van der Waals surface area contributed by atoms with E-state index in [2.05, 4.69) is 6.58 Å². The largest absolute Gasteiger partial charge is 0.465 e. The Morgan fingerprint density at radius 2 is 2.38 bits per heavy atom. The molecule has 13 heavy (non-hydrogen) atoms. The van der Waals surface area contributed by atoms with Crippen LogP contribution in [0, 0.1) is 11.3 Å². The van der Waals surface area contributed by atoms with Crippen molar-refractivity contribution in [3.05, 3.63) is 12.2 Å². The van der Waals surface area contributed by atoms with E-state index in [-0.39, 0.29) is 18.5 Å². The van der Waals surface area contributed by atoms with Crippen LogP contribution in [0.5, 0.6) is 0 Å². The van der Waals surface area contributed by atoms with Crippen molar-refractivity contribution in [2.75, 3.05) is 13.2 Å². The molecule has 1 N–H and O–H groups in total. The van der Waals surface area contributed by atoms with Gasteiger partial charge in [-0.1, -0.05) is 12.2 Å². The highest BCUT2D eigenvalue weighted by atomic mass is 16.5. The number of esters is 1. The molecule has 1 aliphatic carbocycles. The first kappa shape index (κ1) is 10.3. The lowest BCUT2D eigenvalue weighted by atomic mass is 10.0. The molecule has 2 unspecified atom stereocenters. The van der Waals surface area contributed by atoms with E-state index in [1.807, 2.05) is 6.92 Å². The van der Waals surface area contributed by atoms with Gasteiger partial charge in [0.2, 0.25) is 0 Å². The van der Waals surface area contributed by atoms with Gasteiger partial charge in [0.1, 0.15) is 0 Å². The molecule has 3 nitrogen and oxygen atoms in total. The Morgan fingerprint density at radius 3 is 2.69 bits per heavy atom. The van der Waals surface area contributed by atoms with Gasteiger partial charge in [-0.05, 0) is 26.2 Å². The molecule has 2 atom stereocenters. The molecule has 0 aromatic heterocycles. The smallest absolute Gasteiger partial charge is 0.315 e. The van der Waals surface area contributed by atoms with Crippen molar-refractivity contribution in [1.29, 1.82) is 0 Å². The standard InChI is InChI=1S/C10H16O3/c1-4-13-9(12)10(6-11)5-8(10)7(2)3/h8,11H,2,4-6H2,1,3H3. The molecule has 0 aliphatic heterocycles. The minimum Gasteiger partial charge on any atom is -0.465 e. The summed E-state index contributed by atoms with van der Waals surface area (Å²) in [5, 5.41) is 9.13. The van der Waals surface area contributed by atoms with E-state index in [9.17, 15) is 4.79 Å². The lowest BCUT2D eigenvalue weighted by Gasteiger charge is -2.12. The zero-order valence-electron chi connectivity index (χ0n) is 8.17. The maximum absolute atomic E-state index is 11.4. The van der Waals surface area contributed by atoms with Crippen LogP contribution >= 0.6 is 0 Å². The van der Waals surface area contributed by atoms with E-state index >= 15 is 0 Å². The van der Waals surface area contributed by atoms with Crippen molar-refractivity contribution in [2.24, 2.45) is 11.3 Å². The SMILES string of the molecule is C=C(C)C1CC1(CO)C(=O)OCC. The molecule has 3 heteroatoms. The maximum atomic E-state index is 11.4. The summed E-state index contributed by atoms with van der Waals surface area (Å²) in [6.07, 6.45) is 0.678. The normalized spacial score (nSPS) is 31.2. The number of aliphatic hydroxyl groups is 1. The van der Waals surface area contributed by atoms with E-state index < -0.39 is 5.41 Å². The van der Waals surface area contributed by atoms with Crippen molar-refractivity contribution < 1.29 is 14.6 Å². The van der Waals surface area contributed by atoms with E-state index in [0.29, 0.717) is 13.0 Å². The van der Waals surface area contributed by atoms with Gasteiger partial charge >= 0.3 is 5.97 Å². The van der Waals surface area contributed by atoms with Gasteiger partial charge in [0, 0.05) is 0 Å². The molecule has 0 spiro atoms. The number of rotatable bonds is 4. The number of hydrogen-bond acceptors (Lipinski definition) is 3. The monoisotopic (exact) mass is 184 g/mol. The fraction of sp³-hybridized carbons (Fsp3) is 0.700. The first-order chi connectivity index (χ1) is 6.08. The second kappa shape index (κ2) is 3.50. The molecule has 1 rings (SSSR count). The number of hydrogen-bond donors (Lipinski definition) is 1. The molecule has 74 valence electrons. The number of carbonyl (C=O) groups is 1. The molecule has 0 aromatic rings. The predicted octanol–water partition coefficient (Wildman–Crippen LogP) is 1.12. The van der Waals surface area contributed by atoms with Crippen molar-refractivity contribution in [3.63, 3.8) is 0 Å². The third-order valence-electron chi connectivity index (χ3n) is 2.63. The molecule has 0 bridgehead atoms. The quantitative estimate of drug-likeness (QED) is 0.526. The topological polar surface area (TPSA) is 46.5 Å². The Bertz CT molecular complexity index is 234. The maximum Gasteiger partial charge on any atom is 0.315 e. The van der Waals surface area contributed by atoms with Crippen LogP contribution < -0.4 is 0 Å². The molecule has 1 saturated carbocycles. The predicted molar refractivity (Wildman–Crippen MR) is 49.1 cm³/mol. The van der Waals surface area contributed by atoms with Crippen LogP contribution in [0.25, 0.3) is 0 Å². The van der Waals surface area contributed by atoms with Gasteiger partial charge in [-0.3, -0.25) is 4.79 Å². The first-order valence-corrected chi connectivity index (χ1v) is 4.52. The third kappa shape index (κ3) is 1.61. The summed E-state index contributed by atoms with van der Waals surface area (Å²) in [7, 11) is 0. The zero-order valence-corrected chi connectivity index (χ0v) is 8.17. The van der Waals surface area contributed by atoms with Crippen molar-refractivity contribution in [1.82, 2.24) is 0 Å². The van der Waals surface area contributed by atoms with E-state index in [4.69, 9.17) is 9.84 Å². The van der Waals surface area contributed by atoms with Gasteiger partial charge in [-0.2, -0.15) is 0 Å². The molecule has 0 heterocycles. The highest BCUT2D eigenvalue weighted by Gasteiger charge is 2.61. The Hall–Kier alpha value is -0.830. The van der Waals surface area contributed by atoms with E-state index in [0.717, 1.165) is 5.57 Å². The van der Waals surface area contributed by atoms with Crippen LogP contribution in [0.3, 0.4) is 0 Å². The van der Waals surface area contributed by atoms with Crippen LogP contribution in [-0.2, 0) is 9.53 Å². The molecule has 0 aromatic carbocycles. The number of ether oxygens (including phenoxy) is 1. The average Bonchev–Trinajstić information content (AvgIpc) is 2.80. The molecule has 1 fully saturated rings. The first-order valence-electron chi connectivity index (χ1n) is 4.52. The molecular weight excluding hydrogens is 168 g/mol. The van der Waals surface area contributed by atoms with Crippen molar-refractivity contribution in [2.45, 2.75) is 20.3 Å². The minimum absolute atomic E-state index is 0.108. The summed E-state index contributed by atoms with van der Waals surface area (Å²) in [5.74, 6) is -0.179. The van der Waals surface area contributed by atoms with Gasteiger partial charge in [0.25, 0.3) is 0 Å². The summed E-state index contributed by atoms with van der Waals surface area (Å²) >= 11 is 0. The summed E-state index contributed by atoms with van der Waals surface area (Å²) in [6, 6.07) is 0. The number of aliphatic hydroxyl groups excluding tert-OH is 1. The van der Waals surface area contributed by atoms with Gasteiger partial charge in [-0.25, -0.2) is 0 Å². The Morgan fingerprint density at radius 1 is 1.77 bits per heavy atom. The van der Waals surface area contributed by atoms with E-state index in [1.54, 1.807) is 6.92 Å². The van der Waals surface area contributed by atoms with Crippen LogP contribution in [0.2, 0.25) is 0 Å². The average molecular weight is 184 g/mol. The highest BCUT2D eigenvalue weighted by Crippen LogP contribution is 2.56. The molecule has 0 amide bonds.